The minimum Gasteiger partial charge on any atom is -0.303 e. The minimum absolute atomic E-state index is 0.403. The van der Waals surface area contributed by atoms with Gasteiger partial charge in [-0.25, -0.2) is 0 Å². The summed E-state index contributed by atoms with van der Waals surface area (Å²) in [6.45, 7) is 2.13. The molecule has 0 aliphatic heterocycles. The molecule has 1 aliphatic rings. The molecule has 0 saturated heterocycles. The Morgan fingerprint density at radius 3 is 2.29 bits per heavy atom. The van der Waals surface area contributed by atoms with Gasteiger partial charge in [0.25, 0.3) is 0 Å². The highest BCUT2D eigenvalue weighted by atomic mass is 16.1. The van der Waals surface area contributed by atoms with Gasteiger partial charge < -0.3 is 4.79 Å². The summed E-state index contributed by atoms with van der Waals surface area (Å²) >= 11 is 0. The van der Waals surface area contributed by atoms with Crippen molar-refractivity contribution in [3.8, 4) is 0 Å². The Morgan fingerprint density at radius 2 is 2.29 bits per heavy atom. The van der Waals surface area contributed by atoms with Crippen molar-refractivity contribution in [2.45, 2.75) is 19.8 Å². The first-order chi connectivity index (χ1) is 3.34. The van der Waals surface area contributed by atoms with Gasteiger partial charge >= 0.3 is 0 Å². The Labute approximate surface area is 43.7 Å². The van der Waals surface area contributed by atoms with Gasteiger partial charge in [-0.3, -0.25) is 0 Å². The van der Waals surface area contributed by atoms with Crippen LogP contribution in [-0.4, -0.2) is 6.29 Å². The van der Waals surface area contributed by atoms with Gasteiger partial charge in [0.1, 0.15) is 6.29 Å². The van der Waals surface area contributed by atoms with Crippen LogP contribution in [0, 0.1) is 11.8 Å². The Morgan fingerprint density at radius 1 is 1.57 bits per heavy atom. The average molecular weight is 98.1 g/mol. The van der Waals surface area contributed by atoms with Crippen molar-refractivity contribution in [2.24, 2.45) is 11.8 Å². The SMILES string of the molecule is CC1CCC1C=O. The highest BCUT2D eigenvalue weighted by Crippen LogP contribution is 2.31. The maximum atomic E-state index is 10.00. The quantitative estimate of drug-likeness (QED) is 0.451. The zero-order valence-electron chi connectivity index (χ0n) is 4.55. The van der Waals surface area contributed by atoms with Gasteiger partial charge in [0.2, 0.25) is 0 Å². The van der Waals surface area contributed by atoms with Crippen molar-refractivity contribution in [2.75, 3.05) is 0 Å². The molecular formula is C6H10O. The molecule has 0 aromatic carbocycles. The molecule has 2 atom stereocenters. The average Bonchev–Trinajstić information content (AvgIpc) is 1.65. The van der Waals surface area contributed by atoms with E-state index in [1.54, 1.807) is 0 Å². The highest BCUT2D eigenvalue weighted by Gasteiger charge is 2.25. The zero-order valence-corrected chi connectivity index (χ0v) is 4.55. The van der Waals surface area contributed by atoms with Crippen molar-refractivity contribution in [3.63, 3.8) is 0 Å². The molecule has 1 nitrogen and oxygen atoms in total. The van der Waals surface area contributed by atoms with Gasteiger partial charge in [0, 0.05) is 5.92 Å². The summed E-state index contributed by atoms with van der Waals surface area (Å²) in [5, 5.41) is 0. The monoisotopic (exact) mass is 98.1 g/mol. The molecule has 1 rings (SSSR count). The molecule has 1 aliphatic carbocycles. The van der Waals surface area contributed by atoms with E-state index in [0.29, 0.717) is 11.8 Å². The third-order valence-corrected chi connectivity index (χ3v) is 1.86. The Balaban J connectivity index is 2.28. The normalized spacial score (nSPS) is 39.6. The number of carbonyl (C=O) groups excluding carboxylic acids is 1. The number of rotatable bonds is 1. The molecule has 2 unspecified atom stereocenters. The molecule has 0 N–H and O–H groups in total. The smallest absolute Gasteiger partial charge is 0.123 e. The fraction of sp³-hybridized carbons (Fsp3) is 0.833. The summed E-state index contributed by atoms with van der Waals surface area (Å²) in [5.74, 6) is 1.08. The predicted molar refractivity (Wildman–Crippen MR) is 28.0 cm³/mol. The summed E-state index contributed by atoms with van der Waals surface area (Å²) in [4.78, 5) is 10.00. The summed E-state index contributed by atoms with van der Waals surface area (Å²) in [6.07, 6.45) is 3.46. The molecule has 0 aromatic rings. The Hall–Kier alpha value is -0.330. The second kappa shape index (κ2) is 1.65. The van der Waals surface area contributed by atoms with E-state index in [1.165, 1.54) is 6.42 Å². The summed E-state index contributed by atoms with van der Waals surface area (Å²) in [5.41, 5.74) is 0. The molecule has 0 amide bonds. The van der Waals surface area contributed by atoms with Crippen LogP contribution in [0.1, 0.15) is 19.8 Å². The van der Waals surface area contributed by atoms with Crippen LogP contribution in [0.4, 0.5) is 0 Å². The fourth-order valence-corrected chi connectivity index (χ4v) is 0.895. The first-order valence-electron chi connectivity index (χ1n) is 2.80. The molecule has 0 radical (unpaired) electrons. The van der Waals surface area contributed by atoms with Crippen LogP contribution < -0.4 is 0 Å². The molecule has 40 valence electrons. The second-order valence-corrected chi connectivity index (χ2v) is 2.35. The van der Waals surface area contributed by atoms with Crippen LogP contribution >= 0.6 is 0 Å². The molecule has 1 saturated carbocycles. The van der Waals surface area contributed by atoms with E-state index in [0.717, 1.165) is 12.7 Å². The maximum absolute atomic E-state index is 10.00. The van der Waals surface area contributed by atoms with Crippen LogP contribution in [0.25, 0.3) is 0 Å². The van der Waals surface area contributed by atoms with Crippen molar-refractivity contribution in [1.82, 2.24) is 0 Å². The minimum atomic E-state index is 0.403. The van der Waals surface area contributed by atoms with E-state index >= 15 is 0 Å². The van der Waals surface area contributed by atoms with E-state index in [2.05, 4.69) is 6.92 Å². The van der Waals surface area contributed by atoms with Crippen molar-refractivity contribution in [1.29, 1.82) is 0 Å². The van der Waals surface area contributed by atoms with E-state index < -0.39 is 0 Å². The van der Waals surface area contributed by atoms with E-state index in [9.17, 15) is 4.79 Å². The number of aldehydes is 1. The molecule has 0 spiro atoms. The number of hydrogen-bond donors (Lipinski definition) is 0. The lowest BCUT2D eigenvalue weighted by atomic mass is 9.76. The predicted octanol–water partition coefficient (Wildman–Crippen LogP) is 1.23. The third-order valence-electron chi connectivity index (χ3n) is 1.86. The lowest BCUT2D eigenvalue weighted by molar-refractivity contribution is -0.115. The van der Waals surface area contributed by atoms with Gasteiger partial charge in [-0.05, 0) is 18.8 Å². The molecular weight excluding hydrogens is 88.1 g/mol. The van der Waals surface area contributed by atoms with Crippen LogP contribution in [0.5, 0.6) is 0 Å². The first-order valence-corrected chi connectivity index (χ1v) is 2.80. The largest absolute Gasteiger partial charge is 0.303 e. The van der Waals surface area contributed by atoms with Gasteiger partial charge in [-0.15, -0.1) is 0 Å². The number of hydrogen-bond acceptors (Lipinski definition) is 1. The topological polar surface area (TPSA) is 17.1 Å². The second-order valence-electron chi connectivity index (χ2n) is 2.35. The van der Waals surface area contributed by atoms with Crippen molar-refractivity contribution in [3.05, 3.63) is 0 Å². The van der Waals surface area contributed by atoms with Crippen LogP contribution in [0.3, 0.4) is 0 Å². The van der Waals surface area contributed by atoms with Crippen molar-refractivity contribution >= 4 is 6.29 Å². The fourth-order valence-electron chi connectivity index (χ4n) is 0.895. The zero-order chi connectivity index (χ0) is 5.28. The van der Waals surface area contributed by atoms with Crippen molar-refractivity contribution < 1.29 is 4.79 Å². The molecule has 0 aromatic heterocycles. The summed E-state index contributed by atoms with van der Waals surface area (Å²) in [7, 11) is 0. The molecule has 7 heavy (non-hydrogen) atoms. The van der Waals surface area contributed by atoms with Crippen LogP contribution in [0.2, 0.25) is 0 Å². The van der Waals surface area contributed by atoms with Gasteiger partial charge in [-0.1, -0.05) is 6.92 Å². The van der Waals surface area contributed by atoms with Gasteiger partial charge in [-0.2, -0.15) is 0 Å². The van der Waals surface area contributed by atoms with Crippen LogP contribution in [-0.2, 0) is 4.79 Å². The lowest BCUT2D eigenvalue weighted by Crippen LogP contribution is -2.23. The summed E-state index contributed by atoms with van der Waals surface area (Å²) in [6, 6.07) is 0. The first kappa shape index (κ1) is 4.82. The van der Waals surface area contributed by atoms with Gasteiger partial charge in [0.15, 0.2) is 0 Å². The third kappa shape index (κ3) is 0.671. The molecule has 0 bridgehead atoms. The molecule has 1 heteroatoms. The summed E-state index contributed by atoms with van der Waals surface area (Å²) < 4.78 is 0. The highest BCUT2D eigenvalue weighted by molar-refractivity contribution is 5.55. The molecule has 1 fully saturated rings. The van der Waals surface area contributed by atoms with E-state index in [1.807, 2.05) is 0 Å². The lowest BCUT2D eigenvalue weighted by Gasteiger charge is -2.28. The standard InChI is InChI=1S/C6H10O/c1-5-2-3-6(5)4-7/h4-6H,2-3H2,1H3. The van der Waals surface area contributed by atoms with Crippen LogP contribution in [0.15, 0.2) is 0 Å². The number of carbonyl (C=O) groups is 1. The Bertz CT molecular complexity index is 78.2. The maximum Gasteiger partial charge on any atom is 0.123 e. The Kier molecular flexibility index (Phi) is 1.13. The van der Waals surface area contributed by atoms with E-state index in [4.69, 9.17) is 0 Å². The molecule has 0 heterocycles. The van der Waals surface area contributed by atoms with Gasteiger partial charge in [0.05, 0.1) is 0 Å². The van der Waals surface area contributed by atoms with E-state index in [-0.39, 0.29) is 0 Å².